The first-order valence-corrected chi connectivity index (χ1v) is 9.61. The lowest BCUT2D eigenvalue weighted by atomic mass is 9.89. The highest BCUT2D eigenvalue weighted by Crippen LogP contribution is 2.39. The van der Waals surface area contributed by atoms with Crippen LogP contribution in [0.1, 0.15) is 37.2 Å². The zero-order chi connectivity index (χ0) is 20.3. The van der Waals surface area contributed by atoms with Gasteiger partial charge in [0.2, 0.25) is 5.91 Å². The van der Waals surface area contributed by atoms with Crippen LogP contribution in [0.15, 0.2) is 12.1 Å². The zero-order valence-electron chi connectivity index (χ0n) is 15.9. The van der Waals surface area contributed by atoms with E-state index in [1.54, 1.807) is 14.2 Å². The van der Waals surface area contributed by atoms with E-state index in [1.165, 1.54) is 0 Å². The minimum absolute atomic E-state index is 0.00123. The van der Waals surface area contributed by atoms with E-state index in [9.17, 15) is 14.4 Å². The molecule has 0 bridgehead atoms. The highest BCUT2D eigenvalue weighted by molar-refractivity contribution is 6.33. The second-order valence-corrected chi connectivity index (χ2v) is 7.33. The van der Waals surface area contributed by atoms with Gasteiger partial charge in [-0.25, -0.2) is 4.79 Å². The summed E-state index contributed by atoms with van der Waals surface area (Å²) in [4.78, 5) is 37.0. The van der Waals surface area contributed by atoms with Crippen molar-refractivity contribution in [3.63, 3.8) is 0 Å². The van der Waals surface area contributed by atoms with E-state index in [4.69, 9.17) is 21.1 Å². The molecule has 0 spiro atoms. The van der Waals surface area contributed by atoms with Gasteiger partial charge in [-0.15, -0.1) is 0 Å². The molecule has 2 N–H and O–H groups in total. The second kappa shape index (κ2) is 8.68. The van der Waals surface area contributed by atoms with E-state index in [0.29, 0.717) is 36.0 Å². The Bertz CT molecular complexity index is 752. The van der Waals surface area contributed by atoms with Crippen LogP contribution >= 0.6 is 11.6 Å². The minimum Gasteiger partial charge on any atom is -0.495 e. The fourth-order valence-corrected chi connectivity index (χ4v) is 3.94. The minimum atomic E-state index is -0.622. The maximum Gasteiger partial charge on any atom is 0.322 e. The van der Waals surface area contributed by atoms with E-state index >= 15 is 0 Å². The molecule has 4 amide bonds. The summed E-state index contributed by atoms with van der Waals surface area (Å²) in [7, 11) is 3.14. The van der Waals surface area contributed by atoms with Crippen molar-refractivity contribution in [3.05, 3.63) is 22.7 Å². The first-order chi connectivity index (χ1) is 13.4. The molecule has 1 atom stereocenters. The van der Waals surface area contributed by atoms with E-state index in [1.807, 2.05) is 17.0 Å². The predicted molar refractivity (Wildman–Crippen MR) is 103 cm³/mol. The summed E-state index contributed by atoms with van der Waals surface area (Å²) in [6.07, 6.45) is 2.17. The average Bonchev–Trinajstić information content (AvgIpc) is 3.03. The second-order valence-electron chi connectivity index (χ2n) is 6.95. The normalized spacial score (nSPS) is 20.0. The van der Waals surface area contributed by atoms with Crippen molar-refractivity contribution < 1.29 is 23.9 Å². The average molecular weight is 410 g/mol. The molecule has 8 nitrogen and oxygen atoms in total. The third-order valence-corrected chi connectivity index (χ3v) is 5.67. The van der Waals surface area contributed by atoms with Crippen LogP contribution < -0.4 is 20.1 Å². The van der Waals surface area contributed by atoms with Crippen molar-refractivity contribution >= 4 is 29.4 Å². The van der Waals surface area contributed by atoms with Crippen LogP contribution in [0.4, 0.5) is 4.79 Å². The Balaban J connectivity index is 1.55. The number of carbonyl (C=O) groups is 3. The molecule has 2 heterocycles. The number of hydrogen-bond donors (Lipinski definition) is 2. The van der Waals surface area contributed by atoms with Crippen LogP contribution in [0.2, 0.25) is 5.02 Å². The smallest absolute Gasteiger partial charge is 0.322 e. The number of urea groups is 1. The maximum atomic E-state index is 12.5. The fraction of sp³-hybridized carbons (Fsp3) is 0.526. The molecule has 0 aromatic heterocycles. The van der Waals surface area contributed by atoms with Gasteiger partial charge in [0.25, 0.3) is 5.91 Å². The standard InChI is InChI=1S/C19H24ClN3O5/c1-27-14-9-12(10-15(28-2)17(14)20)11-5-7-23(8-6-11)16(24)4-3-13-18(25)22-19(26)21-13/h9-11,13H,3-8H2,1-2H3,(H2,21,22,25,26)/t13-/m1/s1. The molecule has 2 fully saturated rings. The van der Waals surface area contributed by atoms with Crippen LogP contribution in [0.25, 0.3) is 0 Å². The third kappa shape index (κ3) is 4.32. The van der Waals surface area contributed by atoms with Crippen molar-refractivity contribution in [1.29, 1.82) is 0 Å². The Morgan fingerprint density at radius 3 is 2.29 bits per heavy atom. The molecule has 9 heteroatoms. The number of imide groups is 1. The van der Waals surface area contributed by atoms with Crippen molar-refractivity contribution in [2.24, 2.45) is 0 Å². The Labute approximate surface area is 168 Å². The Morgan fingerprint density at radius 1 is 1.18 bits per heavy atom. The number of nitrogens with one attached hydrogen (secondary N) is 2. The number of halogens is 1. The van der Waals surface area contributed by atoms with Gasteiger partial charge in [0, 0.05) is 19.5 Å². The summed E-state index contributed by atoms with van der Waals surface area (Å²) in [6.45, 7) is 1.28. The van der Waals surface area contributed by atoms with Gasteiger partial charge in [0.1, 0.15) is 22.6 Å². The number of amides is 4. The van der Waals surface area contributed by atoms with Crippen LogP contribution in [0.3, 0.4) is 0 Å². The van der Waals surface area contributed by atoms with Crippen LogP contribution in [-0.4, -0.2) is 56.1 Å². The lowest BCUT2D eigenvalue weighted by Gasteiger charge is -2.32. The van der Waals surface area contributed by atoms with Gasteiger partial charge in [-0.05, 0) is 42.9 Å². The number of rotatable bonds is 6. The molecule has 0 saturated carbocycles. The van der Waals surface area contributed by atoms with Gasteiger partial charge < -0.3 is 19.7 Å². The van der Waals surface area contributed by atoms with Crippen LogP contribution in [0, 0.1) is 0 Å². The first kappa shape index (κ1) is 20.3. The number of methoxy groups -OCH3 is 2. The van der Waals surface area contributed by atoms with Gasteiger partial charge in [-0.1, -0.05) is 11.6 Å². The molecule has 3 rings (SSSR count). The van der Waals surface area contributed by atoms with Gasteiger partial charge in [0.05, 0.1) is 14.2 Å². The third-order valence-electron chi connectivity index (χ3n) is 5.29. The number of hydrogen-bond acceptors (Lipinski definition) is 5. The Hall–Kier alpha value is -2.48. The monoisotopic (exact) mass is 409 g/mol. The van der Waals surface area contributed by atoms with E-state index in [0.717, 1.165) is 18.4 Å². The molecule has 2 saturated heterocycles. The molecule has 1 aromatic carbocycles. The summed E-state index contributed by atoms with van der Waals surface area (Å²) >= 11 is 6.24. The number of carbonyl (C=O) groups excluding carboxylic acids is 3. The van der Waals surface area contributed by atoms with Crippen LogP contribution in [-0.2, 0) is 9.59 Å². The maximum absolute atomic E-state index is 12.5. The molecule has 0 unspecified atom stereocenters. The van der Waals surface area contributed by atoms with E-state index in [2.05, 4.69) is 10.6 Å². The molecule has 2 aliphatic heterocycles. The number of ether oxygens (including phenoxy) is 2. The largest absolute Gasteiger partial charge is 0.495 e. The predicted octanol–water partition coefficient (Wildman–Crippen LogP) is 2.05. The first-order valence-electron chi connectivity index (χ1n) is 9.23. The topological polar surface area (TPSA) is 97.0 Å². The summed E-state index contributed by atoms with van der Waals surface area (Å²) < 4.78 is 10.7. The Morgan fingerprint density at radius 2 is 1.79 bits per heavy atom. The molecule has 1 aromatic rings. The molecular formula is C19H24ClN3O5. The molecule has 0 aliphatic carbocycles. The number of benzene rings is 1. The van der Waals surface area contributed by atoms with Crippen molar-refractivity contribution in [1.82, 2.24) is 15.5 Å². The van der Waals surface area contributed by atoms with Gasteiger partial charge in [-0.2, -0.15) is 0 Å². The SMILES string of the molecule is COc1cc(C2CCN(C(=O)CC[C@H]3NC(=O)NC3=O)CC2)cc(OC)c1Cl. The highest BCUT2D eigenvalue weighted by atomic mass is 35.5. The molecule has 152 valence electrons. The van der Waals surface area contributed by atoms with Gasteiger partial charge in [0.15, 0.2) is 0 Å². The quantitative estimate of drug-likeness (QED) is 0.701. The lowest BCUT2D eigenvalue weighted by molar-refractivity contribution is -0.132. The summed E-state index contributed by atoms with van der Waals surface area (Å²) in [5.41, 5.74) is 1.08. The van der Waals surface area contributed by atoms with Crippen LogP contribution in [0.5, 0.6) is 11.5 Å². The molecule has 0 radical (unpaired) electrons. The zero-order valence-corrected chi connectivity index (χ0v) is 16.7. The van der Waals surface area contributed by atoms with E-state index in [-0.39, 0.29) is 24.2 Å². The molecule has 2 aliphatic rings. The van der Waals surface area contributed by atoms with Gasteiger partial charge in [-0.3, -0.25) is 14.9 Å². The molecule has 28 heavy (non-hydrogen) atoms. The van der Waals surface area contributed by atoms with Crippen molar-refractivity contribution in [3.8, 4) is 11.5 Å². The Kier molecular flexibility index (Phi) is 6.28. The number of nitrogens with zero attached hydrogens (tertiary/aromatic N) is 1. The number of likely N-dealkylation sites (tertiary alicyclic amines) is 1. The van der Waals surface area contributed by atoms with Gasteiger partial charge >= 0.3 is 6.03 Å². The summed E-state index contributed by atoms with van der Waals surface area (Å²) in [5.74, 6) is 1.06. The number of piperidine rings is 1. The lowest BCUT2D eigenvalue weighted by Crippen LogP contribution is -2.39. The summed E-state index contributed by atoms with van der Waals surface area (Å²) in [5, 5.41) is 5.13. The summed E-state index contributed by atoms with van der Waals surface area (Å²) in [6, 6.07) is 2.73. The van der Waals surface area contributed by atoms with Crippen molar-refractivity contribution in [2.45, 2.75) is 37.6 Å². The molecular weight excluding hydrogens is 386 g/mol. The van der Waals surface area contributed by atoms with Crippen molar-refractivity contribution in [2.75, 3.05) is 27.3 Å². The fourth-order valence-electron chi connectivity index (χ4n) is 3.68. The van der Waals surface area contributed by atoms with E-state index < -0.39 is 12.1 Å². The highest BCUT2D eigenvalue weighted by Gasteiger charge is 2.31.